The van der Waals surface area contributed by atoms with E-state index in [1.54, 1.807) is 0 Å². The van der Waals surface area contributed by atoms with E-state index >= 15 is 0 Å². The third kappa shape index (κ3) is 1.63. The van der Waals surface area contributed by atoms with Crippen LogP contribution in [-0.2, 0) is 0 Å². The summed E-state index contributed by atoms with van der Waals surface area (Å²) < 4.78 is 0. The summed E-state index contributed by atoms with van der Waals surface area (Å²) in [7, 11) is 0. The predicted octanol–water partition coefficient (Wildman–Crippen LogP) is 0.0858. The van der Waals surface area contributed by atoms with Gasteiger partial charge in [-0.15, -0.1) is 0 Å². The zero-order chi connectivity index (χ0) is 9.24. The fourth-order valence-corrected chi connectivity index (χ4v) is 1.66. The summed E-state index contributed by atoms with van der Waals surface area (Å²) in [5, 5.41) is 13.5. The van der Waals surface area contributed by atoms with E-state index in [2.05, 4.69) is 5.32 Å². The maximum atomic E-state index is 10.3. The zero-order valence-electron chi connectivity index (χ0n) is 8.06. The molecule has 0 aliphatic carbocycles. The SMILES string of the molecule is CC(C)(CN)C1(O)CCCNC1. The molecule has 0 aromatic rings. The van der Waals surface area contributed by atoms with Crippen molar-refractivity contribution in [1.82, 2.24) is 5.32 Å². The number of hydrogen-bond acceptors (Lipinski definition) is 3. The van der Waals surface area contributed by atoms with Gasteiger partial charge in [-0.05, 0) is 19.4 Å². The Labute approximate surface area is 74.3 Å². The Kier molecular flexibility index (Phi) is 2.76. The first kappa shape index (κ1) is 9.96. The van der Waals surface area contributed by atoms with Gasteiger partial charge < -0.3 is 16.2 Å². The van der Waals surface area contributed by atoms with Crippen LogP contribution in [0.2, 0.25) is 0 Å². The molecule has 1 saturated heterocycles. The van der Waals surface area contributed by atoms with E-state index in [0.717, 1.165) is 19.4 Å². The van der Waals surface area contributed by atoms with Gasteiger partial charge in [0, 0.05) is 18.5 Å². The Bertz CT molecular complexity index is 151. The average Bonchev–Trinajstić information content (AvgIpc) is 2.06. The van der Waals surface area contributed by atoms with Crippen LogP contribution in [-0.4, -0.2) is 30.3 Å². The first-order chi connectivity index (χ1) is 5.52. The summed E-state index contributed by atoms with van der Waals surface area (Å²) in [4.78, 5) is 0. The summed E-state index contributed by atoms with van der Waals surface area (Å²) in [6.07, 6.45) is 1.91. The van der Waals surface area contributed by atoms with Gasteiger partial charge in [0.25, 0.3) is 0 Å². The lowest BCUT2D eigenvalue weighted by atomic mass is 9.71. The molecule has 0 aromatic carbocycles. The molecule has 0 aromatic heterocycles. The van der Waals surface area contributed by atoms with Gasteiger partial charge in [0.05, 0.1) is 5.60 Å². The minimum atomic E-state index is -0.611. The first-order valence-corrected chi connectivity index (χ1v) is 4.65. The summed E-state index contributed by atoms with van der Waals surface area (Å²) in [5.74, 6) is 0. The van der Waals surface area contributed by atoms with Crippen LogP contribution >= 0.6 is 0 Å². The van der Waals surface area contributed by atoms with Crippen LogP contribution in [0.15, 0.2) is 0 Å². The Morgan fingerprint density at radius 2 is 2.25 bits per heavy atom. The quantitative estimate of drug-likeness (QED) is 0.553. The third-order valence-corrected chi connectivity index (χ3v) is 3.13. The van der Waals surface area contributed by atoms with Gasteiger partial charge in [0.2, 0.25) is 0 Å². The van der Waals surface area contributed by atoms with Crippen molar-refractivity contribution >= 4 is 0 Å². The van der Waals surface area contributed by atoms with Crippen molar-refractivity contribution < 1.29 is 5.11 Å². The predicted molar refractivity (Wildman–Crippen MR) is 49.9 cm³/mol. The molecule has 4 N–H and O–H groups in total. The zero-order valence-corrected chi connectivity index (χ0v) is 8.06. The van der Waals surface area contributed by atoms with Gasteiger partial charge in [0.15, 0.2) is 0 Å². The van der Waals surface area contributed by atoms with Crippen molar-refractivity contribution in [3.8, 4) is 0 Å². The largest absolute Gasteiger partial charge is 0.388 e. The fraction of sp³-hybridized carbons (Fsp3) is 1.00. The molecule has 3 nitrogen and oxygen atoms in total. The maximum Gasteiger partial charge on any atom is 0.0834 e. The molecule has 1 aliphatic rings. The van der Waals surface area contributed by atoms with Crippen molar-refractivity contribution in [2.45, 2.75) is 32.3 Å². The molecule has 0 saturated carbocycles. The maximum absolute atomic E-state index is 10.3. The van der Waals surface area contributed by atoms with Crippen LogP contribution in [0, 0.1) is 5.41 Å². The number of hydrogen-bond donors (Lipinski definition) is 3. The van der Waals surface area contributed by atoms with Gasteiger partial charge in [-0.2, -0.15) is 0 Å². The second-order valence-corrected chi connectivity index (χ2v) is 4.40. The lowest BCUT2D eigenvalue weighted by Crippen LogP contribution is -2.57. The standard InChI is InChI=1S/C9H20N2O/c1-8(2,6-10)9(12)4-3-5-11-7-9/h11-12H,3-7,10H2,1-2H3. The second kappa shape index (κ2) is 3.32. The monoisotopic (exact) mass is 172 g/mol. The van der Waals surface area contributed by atoms with E-state index in [1.807, 2.05) is 13.8 Å². The number of rotatable bonds is 2. The molecule has 0 spiro atoms. The highest BCUT2D eigenvalue weighted by Gasteiger charge is 2.42. The molecule has 1 aliphatic heterocycles. The van der Waals surface area contributed by atoms with Crippen LogP contribution in [0.5, 0.6) is 0 Å². The normalized spacial score (nSPS) is 32.0. The van der Waals surface area contributed by atoms with Gasteiger partial charge in [-0.25, -0.2) is 0 Å². The molecule has 1 atom stereocenters. The van der Waals surface area contributed by atoms with Crippen molar-refractivity contribution in [2.75, 3.05) is 19.6 Å². The average molecular weight is 172 g/mol. The summed E-state index contributed by atoms with van der Waals surface area (Å²) in [5.41, 5.74) is 4.84. The van der Waals surface area contributed by atoms with E-state index < -0.39 is 5.60 Å². The number of nitrogens with two attached hydrogens (primary N) is 1. The first-order valence-electron chi connectivity index (χ1n) is 4.65. The molecule has 3 heteroatoms. The lowest BCUT2D eigenvalue weighted by Gasteiger charge is -2.44. The Morgan fingerprint density at radius 3 is 2.67 bits per heavy atom. The minimum Gasteiger partial charge on any atom is -0.388 e. The highest BCUT2D eigenvalue weighted by Crippen LogP contribution is 2.34. The van der Waals surface area contributed by atoms with E-state index in [9.17, 15) is 5.11 Å². The molecular weight excluding hydrogens is 152 g/mol. The van der Waals surface area contributed by atoms with Gasteiger partial charge >= 0.3 is 0 Å². The number of aliphatic hydroxyl groups is 1. The molecule has 0 bridgehead atoms. The number of nitrogens with one attached hydrogen (secondary N) is 1. The van der Waals surface area contributed by atoms with Crippen LogP contribution in [0.1, 0.15) is 26.7 Å². The van der Waals surface area contributed by atoms with E-state index in [1.165, 1.54) is 0 Å². The molecule has 1 rings (SSSR count). The van der Waals surface area contributed by atoms with Crippen LogP contribution in [0.3, 0.4) is 0 Å². The smallest absolute Gasteiger partial charge is 0.0834 e. The van der Waals surface area contributed by atoms with Gasteiger partial charge in [-0.1, -0.05) is 13.8 Å². The van der Waals surface area contributed by atoms with Crippen molar-refractivity contribution in [1.29, 1.82) is 0 Å². The molecule has 1 fully saturated rings. The highest BCUT2D eigenvalue weighted by atomic mass is 16.3. The fourth-order valence-electron chi connectivity index (χ4n) is 1.66. The number of β-amino-alcohol motifs (C(OH)–C–C–N with tert-alkyl or cyclic N) is 1. The van der Waals surface area contributed by atoms with Crippen molar-refractivity contribution in [3.05, 3.63) is 0 Å². The Balaban J connectivity index is 2.68. The number of piperidine rings is 1. The van der Waals surface area contributed by atoms with E-state index in [-0.39, 0.29) is 5.41 Å². The van der Waals surface area contributed by atoms with Crippen molar-refractivity contribution in [2.24, 2.45) is 11.1 Å². The molecule has 0 radical (unpaired) electrons. The highest BCUT2D eigenvalue weighted by molar-refractivity contribution is 4.97. The Hall–Kier alpha value is -0.120. The van der Waals surface area contributed by atoms with Crippen LogP contribution in [0.4, 0.5) is 0 Å². The molecule has 1 unspecified atom stereocenters. The minimum absolute atomic E-state index is 0.180. The summed E-state index contributed by atoms with van der Waals surface area (Å²) >= 11 is 0. The van der Waals surface area contributed by atoms with Crippen LogP contribution in [0.25, 0.3) is 0 Å². The molecular formula is C9H20N2O. The van der Waals surface area contributed by atoms with E-state index in [4.69, 9.17) is 5.73 Å². The van der Waals surface area contributed by atoms with Crippen LogP contribution < -0.4 is 11.1 Å². The third-order valence-electron chi connectivity index (χ3n) is 3.13. The van der Waals surface area contributed by atoms with E-state index in [0.29, 0.717) is 13.1 Å². The lowest BCUT2D eigenvalue weighted by molar-refractivity contribution is -0.0777. The molecule has 1 heterocycles. The van der Waals surface area contributed by atoms with Gasteiger partial charge in [0.1, 0.15) is 0 Å². The molecule has 72 valence electrons. The second-order valence-electron chi connectivity index (χ2n) is 4.40. The summed E-state index contributed by atoms with van der Waals surface area (Å²) in [6.45, 7) is 6.28. The Morgan fingerprint density at radius 1 is 1.58 bits per heavy atom. The molecule has 0 amide bonds. The van der Waals surface area contributed by atoms with Gasteiger partial charge in [-0.3, -0.25) is 0 Å². The summed E-state index contributed by atoms with van der Waals surface area (Å²) in [6, 6.07) is 0. The molecule has 12 heavy (non-hydrogen) atoms. The topological polar surface area (TPSA) is 58.3 Å². The van der Waals surface area contributed by atoms with Crippen molar-refractivity contribution in [3.63, 3.8) is 0 Å².